The Morgan fingerprint density at radius 1 is 1.24 bits per heavy atom. The van der Waals surface area contributed by atoms with Crippen molar-refractivity contribution in [2.75, 3.05) is 0 Å². The first-order chi connectivity index (χ1) is 9.73. The van der Waals surface area contributed by atoms with E-state index in [1.54, 1.807) is 0 Å². The van der Waals surface area contributed by atoms with E-state index in [0.717, 1.165) is 31.1 Å². The number of nitrogens with one attached hydrogen (secondary N) is 1. The predicted octanol–water partition coefficient (Wildman–Crippen LogP) is 3.02. The van der Waals surface area contributed by atoms with Crippen LogP contribution >= 0.6 is 12.2 Å². The molecule has 0 heterocycles. The number of nitrogens with two attached hydrogens (primary N) is 1. The number of hydrogen-bond acceptors (Lipinski definition) is 2. The summed E-state index contributed by atoms with van der Waals surface area (Å²) in [6, 6.07) is -0.173. The molecule has 3 unspecified atom stereocenters. The zero-order chi connectivity index (χ0) is 15.4. The molecule has 3 nitrogen and oxygen atoms in total. The van der Waals surface area contributed by atoms with Crippen LogP contribution in [0.3, 0.4) is 0 Å². The van der Waals surface area contributed by atoms with Gasteiger partial charge in [-0.25, -0.2) is 0 Å². The normalized spacial score (nSPS) is 42.1. The minimum Gasteiger partial charge on any atom is -0.392 e. The maximum Gasteiger partial charge on any atom is 0.226 e. The van der Waals surface area contributed by atoms with Gasteiger partial charge in [0.1, 0.15) is 0 Å². The lowest BCUT2D eigenvalue weighted by Gasteiger charge is -2.60. The summed E-state index contributed by atoms with van der Waals surface area (Å²) in [4.78, 5) is 13.4. The number of carbonyl (C=O) groups is 1. The molecule has 4 fully saturated rings. The largest absolute Gasteiger partial charge is 0.392 e. The van der Waals surface area contributed by atoms with Gasteiger partial charge in [-0.15, -0.1) is 0 Å². The molecular weight excluding hydrogens is 280 g/mol. The van der Waals surface area contributed by atoms with E-state index in [4.69, 9.17) is 18.0 Å². The Morgan fingerprint density at radius 2 is 1.81 bits per heavy atom. The zero-order valence-corrected chi connectivity index (χ0v) is 14.3. The van der Waals surface area contributed by atoms with Gasteiger partial charge >= 0.3 is 0 Å². The second kappa shape index (κ2) is 4.94. The van der Waals surface area contributed by atoms with Crippen LogP contribution in [0.2, 0.25) is 0 Å². The lowest BCUT2D eigenvalue weighted by atomic mass is 9.44. The molecule has 0 aromatic heterocycles. The molecule has 4 bridgehead atoms. The van der Waals surface area contributed by atoms with Gasteiger partial charge < -0.3 is 11.1 Å². The molecule has 4 aliphatic rings. The fourth-order valence-electron chi connectivity index (χ4n) is 5.85. The van der Waals surface area contributed by atoms with Crippen LogP contribution in [-0.4, -0.2) is 16.9 Å². The monoisotopic (exact) mass is 308 g/mol. The highest BCUT2D eigenvalue weighted by Crippen LogP contribution is 2.65. The van der Waals surface area contributed by atoms with Crippen molar-refractivity contribution in [1.82, 2.24) is 5.32 Å². The van der Waals surface area contributed by atoms with Gasteiger partial charge in [0.25, 0.3) is 0 Å². The number of amides is 1. The summed E-state index contributed by atoms with van der Waals surface area (Å²) in [6.07, 6.45) is 7.19. The summed E-state index contributed by atoms with van der Waals surface area (Å²) < 4.78 is 0. The lowest BCUT2D eigenvalue weighted by molar-refractivity contribution is -0.155. The van der Waals surface area contributed by atoms with Gasteiger partial charge in [0.2, 0.25) is 5.91 Å². The Morgan fingerprint density at radius 3 is 2.24 bits per heavy atom. The SMILES string of the molecule is CC(C)C(NC(=O)C12CC3CC(CC(C)(C3)C1)C2)C(N)=S. The molecule has 21 heavy (non-hydrogen) atoms. The van der Waals surface area contributed by atoms with Gasteiger partial charge in [-0.2, -0.15) is 0 Å². The first kappa shape index (κ1) is 15.3. The second-order valence-electron chi connectivity index (χ2n) is 8.65. The maximum atomic E-state index is 13.0. The summed E-state index contributed by atoms with van der Waals surface area (Å²) in [7, 11) is 0. The van der Waals surface area contributed by atoms with Crippen molar-refractivity contribution in [3.05, 3.63) is 0 Å². The van der Waals surface area contributed by atoms with Gasteiger partial charge in [0.05, 0.1) is 16.4 Å². The molecule has 118 valence electrons. The van der Waals surface area contributed by atoms with Gasteiger partial charge in [-0.3, -0.25) is 4.79 Å². The summed E-state index contributed by atoms with van der Waals surface area (Å²) in [5.74, 6) is 1.97. The first-order valence-corrected chi connectivity index (χ1v) is 8.74. The van der Waals surface area contributed by atoms with E-state index in [-0.39, 0.29) is 23.3 Å². The Hall–Kier alpha value is -0.640. The molecule has 0 radical (unpaired) electrons. The third-order valence-electron chi connectivity index (χ3n) is 6.10. The molecule has 0 aromatic carbocycles. The number of rotatable bonds is 4. The lowest BCUT2D eigenvalue weighted by Crippen LogP contribution is -2.59. The smallest absolute Gasteiger partial charge is 0.226 e. The van der Waals surface area contributed by atoms with Crippen molar-refractivity contribution < 1.29 is 4.79 Å². The summed E-state index contributed by atoms with van der Waals surface area (Å²) in [5.41, 5.74) is 6.06. The average molecular weight is 308 g/mol. The Kier molecular flexibility index (Phi) is 3.59. The van der Waals surface area contributed by atoms with Crippen LogP contribution in [0.5, 0.6) is 0 Å². The van der Waals surface area contributed by atoms with Crippen molar-refractivity contribution in [3.8, 4) is 0 Å². The fourth-order valence-corrected chi connectivity index (χ4v) is 6.18. The van der Waals surface area contributed by atoms with E-state index in [1.807, 2.05) is 0 Å². The second-order valence-corrected chi connectivity index (χ2v) is 9.12. The van der Waals surface area contributed by atoms with Crippen molar-refractivity contribution in [3.63, 3.8) is 0 Å². The standard InChI is InChI=1S/C17H28N2OS/c1-10(2)13(14(18)21)19-15(20)17-7-11-4-12(8-17)6-16(3,5-11)9-17/h10-13H,4-9H2,1-3H3,(H2,18,21)(H,19,20). The summed E-state index contributed by atoms with van der Waals surface area (Å²) in [5, 5.41) is 3.18. The molecule has 3 N–H and O–H groups in total. The Balaban J connectivity index is 1.79. The molecule has 3 atom stereocenters. The Bertz CT molecular complexity index is 459. The number of thiocarbonyl (C=S) groups is 1. The average Bonchev–Trinajstić information content (AvgIpc) is 2.31. The van der Waals surface area contributed by atoms with Crippen molar-refractivity contribution in [2.45, 2.75) is 65.3 Å². The maximum absolute atomic E-state index is 13.0. The molecular formula is C17H28N2OS. The van der Waals surface area contributed by atoms with Crippen molar-refractivity contribution >= 4 is 23.1 Å². The number of hydrogen-bond donors (Lipinski definition) is 2. The molecule has 0 aromatic rings. The molecule has 1 amide bonds. The molecule has 0 aliphatic heterocycles. The van der Waals surface area contributed by atoms with Gasteiger partial charge in [-0.05, 0) is 61.7 Å². The third kappa shape index (κ3) is 2.60. The summed E-state index contributed by atoms with van der Waals surface area (Å²) in [6.45, 7) is 6.51. The molecule has 4 rings (SSSR count). The fraction of sp³-hybridized carbons (Fsp3) is 0.882. The highest BCUT2D eigenvalue weighted by Gasteiger charge is 2.59. The van der Waals surface area contributed by atoms with Crippen LogP contribution in [0.15, 0.2) is 0 Å². The Labute approximate surface area is 133 Å². The first-order valence-electron chi connectivity index (χ1n) is 8.33. The van der Waals surface area contributed by atoms with Crippen LogP contribution in [0.1, 0.15) is 59.3 Å². The van der Waals surface area contributed by atoms with Crippen LogP contribution in [0.25, 0.3) is 0 Å². The highest BCUT2D eigenvalue weighted by molar-refractivity contribution is 7.80. The zero-order valence-electron chi connectivity index (χ0n) is 13.4. The van der Waals surface area contributed by atoms with Crippen LogP contribution in [0.4, 0.5) is 0 Å². The molecule has 0 spiro atoms. The van der Waals surface area contributed by atoms with Crippen molar-refractivity contribution in [1.29, 1.82) is 0 Å². The quantitative estimate of drug-likeness (QED) is 0.785. The topological polar surface area (TPSA) is 55.1 Å². The molecule has 4 saturated carbocycles. The van der Waals surface area contributed by atoms with Crippen LogP contribution < -0.4 is 11.1 Å². The number of carbonyl (C=O) groups excluding carboxylic acids is 1. The third-order valence-corrected chi connectivity index (χ3v) is 6.35. The van der Waals surface area contributed by atoms with E-state index >= 15 is 0 Å². The van der Waals surface area contributed by atoms with E-state index in [0.29, 0.717) is 10.4 Å². The van der Waals surface area contributed by atoms with Gasteiger partial charge in [-0.1, -0.05) is 33.0 Å². The van der Waals surface area contributed by atoms with Crippen LogP contribution in [-0.2, 0) is 4.79 Å². The molecule has 4 heteroatoms. The molecule has 0 saturated heterocycles. The van der Waals surface area contributed by atoms with E-state index in [2.05, 4.69) is 26.1 Å². The minimum atomic E-state index is -0.173. The van der Waals surface area contributed by atoms with E-state index in [1.165, 1.54) is 19.3 Å². The minimum absolute atomic E-state index is 0.142. The summed E-state index contributed by atoms with van der Waals surface area (Å²) >= 11 is 5.14. The molecule has 4 aliphatic carbocycles. The van der Waals surface area contributed by atoms with Gasteiger partial charge in [0, 0.05) is 0 Å². The van der Waals surface area contributed by atoms with Gasteiger partial charge in [0.15, 0.2) is 0 Å². The van der Waals surface area contributed by atoms with Crippen LogP contribution in [0, 0.1) is 28.6 Å². The van der Waals surface area contributed by atoms with E-state index in [9.17, 15) is 4.79 Å². The van der Waals surface area contributed by atoms with E-state index < -0.39 is 0 Å². The highest BCUT2D eigenvalue weighted by atomic mass is 32.1. The van der Waals surface area contributed by atoms with Crippen molar-refractivity contribution in [2.24, 2.45) is 34.3 Å². The predicted molar refractivity (Wildman–Crippen MR) is 88.8 cm³/mol.